The van der Waals surface area contributed by atoms with Crippen molar-refractivity contribution >= 4 is 11.9 Å². The molecule has 0 aromatic rings. The van der Waals surface area contributed by atoms with E-state index in [1.165, 1.54) is 257 Å². The summed E-state index contributed by atoms with van der Waals surface area (Å²) >= 11 is 0. The van der Waals surface area contributed by atoms with Crippen molar-refractivity contribution < 1.29 is 24.5 Å². The lowest BCUT2D eigenvalue weighted by Gasteiger charge is -2.20. The van der Waals surface area contributed by atoms with Gasteiger partial charge in [0.15, 0.2) is 0 Å². The van der Waals surface area contributed by atoms with Gasteiger partial charge in [-0.2, -0.15) is 0 Å². The van der Waals surface area contributed by atoms with Gasteiger partial charge in [-0.05, 0) is 57.8 Å². The van der Waals surface area contributed by atoms with Crippen molar-refractivity contribution in [1.82, 2.24) is 5.32 Å². The van der Waals surface area contributed by atoms with Gasteiger partial charge < -0.3 is 20.3 Å². The molecule has 2 atom stereocenters. The second-order valence-electron chi connectivity index (χ2n) is 20.3. The van der Waals surface area contributed by atoms with Crippen LogP contribution in [0.5, 0.6) is 0 Å². The molecule has 0 aromatic heterocycles. The third kappa shape index (κ3) is 51.7. The molecule has 1 amide bonds. The van der Waals surface area contributed by atoms with E-state index in [0.29, 0.717) is 19.4 Å². The van der Waals surface area contributed by atoms with Gasteiger partial charge in [0.1, 0.15) is 0 Å². The maximum absolute atomic E-state index is 12.4. The monoisotopic (exact) mass is 930 g/mol. The van der Waals surface area contributed by atoms with Gasteiger partial charge in [0.2, 0.25) is 5.91 Å². The van der Waals surface area contributed by atoms with Crippen LogP contribution in [0.3, 0.4) is 0 Å². The molecule has 0 fully saturated rings. The van der Waals surface area contributed by atoms with Crippen LogP contribution in [0.4, 0.5) is 0 Å². The van der Waals surface area contributed by atoms with Crippen molar-refractivity contribution in [3.8, 4) is 0 Å². The van der Waals surface area contributed by atoms with Crippen molar-refractivity contribution in [2.24, 2.45) is 0 Å². The first-order valence-corrected chi connectivity index (χ1v) is 29.6. The van der Waals surface area contributed by atoms with Crippen LogP contribution in [0, 0.1) is 0 Å². The molecule has 2 unspecified atom stereocenters. The molecule has 0 bridgehead atoms. The number of carbonyl (C=O) groups excluding carboxylic acids is 2. The van der Waals surface area contributed by atoms with Gasteiger partial charge >= 0.3 is 5.97 Å². The molecule has 0 saturated carbocycles. The summed E-state index contributed by atoms with van der Waals surface area (Å²) in [5, 5.41) is 22.9. The number of aliphatic hydroxyl groups is 2. The highest BCUT2D eigenvalue weighted by Crippen LogP contribution is 2.17. The Labute approximate surface area is 411 Å². The Bertz CT molecular complexity index is 1030. The minimum absolute atomic E-state index is 0.0162. The second-order valence-corrected chi connectivity index (χ2v) is 20.3. The van der Waals surface area contributed by atoms with E-state index in [1.54, 1.807) is 6.08 Å². The van der Waals surface area contributed by atoms with E-state index in [9.17, 15) is 19.8 Å². The number of hydrogen-bond donors (Lipinski definition) is 3. The molecule has 0 aromatic carbocycles. The highest BCUT2D eigenvalue weighted by Gasteiger charge is 2.18. The first-order valence-electron chi connectivity index (χ1n) is 29.6. The Kier molecular flexibility index (Phi) is 54.5. The highest BCUT2D eigenvalue weighted by molar-refractivity contribution is 5.76. The molecule has 6 nitrogen and oxygen atoms in total. The largest absolute Gasteiger partial charge is 0.466 e. The number of esters is 1. The lowest BCUT2D eigenvalue weighted by atomic mass is 10.0. The summed E-state index contributed by atoms with van der Waals surface area (Å²) in [6, 6.07) is -0.626. The Hall–Kier alpha value is -1.66. The average molecular weight is 931 g/mol. The van der Waals surface area contributed by atoms with Gasteiger partial charge in [0.25, 0.3) is 0 Å². The van der Waals surface area contributed by atoms with E-state index in [0.717, 1.165) is 38.5 Å². The molecule has 0 aliphatic rings. The predicted molar refractivity (Wildman–Crippen MR) is 287 cm³/mol. The number of nitrogens with one attached hydrogen (secondary N) is 1. The fraction of sp³-hybridized carbons (Fsp3) is 0.900. The first-order chi connectivity index (χ1) is 32.5. The van der Waals surface area contributed by atoms with Gasteiger partial charge in [-0.1, -0.05) is 276 Å². The summed E-state index contributed by atoms with van der Waals surface area (Å²) in [6.45, 7) is 4.89. The topological polar surface area (TPSA) is 95.9 Å². The van der Waals surface area contributed by atoms with Crippen molar-refractivity contribution in [3.63, 3.8) is 0 Å². The third-order valence-corrected chi connectivity index (χ3v) is 13.7. The summed E-state index contributed by atoms with van der Waals surface area (Å²) in [5.74, 6) is -0.0547. The lowest BCUT2D eigenvalue weighted by molar-refractivity contribution is -0.143. The van der Waals surface area contributed by atoms with Gasteiger partial charge in [0, 0.05) is 12.8 Å². The zero-order valence-electron chi connectivity index (χ0n) is 44.4. The molecule has 0 spiro atoms. The van der Waals surface area contributed by atoms with E-state index in [2.05, 4.69) is 31.3 Å². The zero-order valence-corrected chi connectivity index (χ0v) is 44.4. The molecule has 6 heteroatoms. The SMILES string of the molecule is CCCCCCCCC/C=C/C(O)C(CO)NC(=O)CCCCCCCCCCCCC/C=C\CCCCCCCCCCCCCCOC(=O)CCCCCCCCCCCCCCC. The van der Waals surface area contributed by atoms with Crippen molar-refractivity contribution in [3.05, 3.63) is 24.3 Å². The Morgan fingerprint density at radius 1 is 0.409 bits per heavy atom. The Morgan fingerprint density at radius 2 is 0.712 bits per heavy atom. The molecular weight excluding hydrogens is 815 g/mol. The van der Waals surface area contributed by atoms with Crippen LogP contribution >= 0.6 is 0 Å². The molecule has 0 saturated heterocycles. The number of ether oxygens (including phenoxy) is 1. The number of amides is 1. The van der Waals surface area contributed by atoms with Crippen LogP contribution in [0.15, 0.2) is 24.3 Å². The van der Waals surface area contributed by atoms with Crippen molar-refractivity contribution in [2.45, 2.75) is 334 Å². The molecule has 66 heavy (non-hydrogen) atoms. The number of carbonyl (C=O) groups is 2. The average Bonchev–Trinajstić information content (AvgIpc) is 3.32. The number of aliphatic hydroxyl groups excluding tert-OH is 2. The minimum Gasteiger partial charge on any atom is -0.466 e. The smallest absolute Gasteiger partial charge is 0.305 e. The molecule has 0 aliphatic heterocycles. The van der Waals surface area contributed by atoms with Crippen LogP contribution in [-0.2, 0) is 14.3 Å². The summed E-state index contributed by atoms with van der Waals surface area (Å²) in [7, 11) is 0. The van der Waals surface area contributed by atoms with E-state index >= 15 is 0 Å². The van der Waals surface area contributed by atoms with Crippen LogP contribution in [0.1, 0.15) is 322 Å². The van der Waals surface area contributed by atoms with Crippen LogP contribution < -0.4 is 5.32 Å². The maximum Gasteiger partial charge on any atom is 0.305 e. The molecule has 3 N–H and O–H groups in total. The summed E-state index contributed by atoms with van der Waals surface area (Å²) < 4.78 is 5.48. The Balaban J connectivity index is 3.36. The Morgan fingerprint density at radius 3 is 1.08 bits per heavy atom. The highest BCUT2D eigenvalue weighted by atomic mass is 16.5. The summed E-state index contributed by atoms with van der Waals surface area (Å²) in [5.41, 5.74) is 0. The summed E-state index contributed by atoms with van der Waals surface area (Å²) in [4.78, 5) is 24.4. The molecule has 390 valence electrons. The van der Waals surface area contributed by atoms with Gasteiger partial charge in [0.05, 0.1) is 25.4 Å². The molecule has 0 heterocycles. The fourth-order valence-electron chi connectivity index (χ4n) is 9.16. The molecule has 0 radical (unpaired) electrons. The van der Waals surface area contributed by atoms with Crippen LogP contribution in [0.25, 0.3) is 0 Å². The number of unbranched alkanes of at least 4 members (excludes halogenated alkanes) is 42. The second kappa shape index (κ2) is 55.9. The van der Waals surface area contributed by atoms with Crippen LogP contribution in [0.2, 0.25) is 0 Å². The van der Waals surface area contributed by atoms with Crippen LogP contribution in [-0.4, -0.2) is 47.4 Å². The number of rotatable bonds is 55. The third-order valence-electron chi connectivity index (χ3n) is 13.7. The number of hydrogen-bond acceptors (Lipinski definition) is 5. The maximum atomic E-state index is 12.4. The van der Waals surface area contributed by atoms with Gasteiger partial charge in [-0.25, -0.2) is 0 Å². The van der Waals surface area contributed by atoms with Gasteiger partial charge in [-0.3, -0.25) is 9.59 Å². The summed E-state index contributed by atoms with van der Waals surface area (Å²) in [6.07, 6.45) is 68.0. The molecule has 0 aliphatic carbocycles. The first kappa shape index (κ1) is 64.3. The zero-order chi connectivity index (χ0) is 47.9. The normalized spacial score (nSPS) is 12.7. The molecular formula is C60H115NO5. The predicted octanol–water partition coefficient (Wildman–Crippen LogP) is 18.2. The van der Waals surface area contributed by atoms with Crippen molar-refractivity contribution in [2.75, 3.05) is 13.2 Å². The van der Waals surface area contributed by atoms with Crippen molar-refractivity contribution in [1.29, 1.82) is 0 Å². The number of allylic oxidation sites excluding steroid dienone is 3. The quantitative estimate of drug-likeness (QED) is 0.0321. The van der Waals surface area contributed by atoms with E-state index in [-0.39, 0.29) is 18.5 Å². The fourth-order valence-corrected chi connectivity index (χ4v) is 9.16. The standard InChI is InChI=1S/C60H115NO5/c1-3-5-7-9-11-13-14-30-34-38-42-46-50-54-60(65)66-55-51-47-43-39-35-32-29-27-25-23-21-19-17-15-16-18-20-22-24-26-28-31-33-37-41-45-49-53-59(64)61-57(56-62)58(63)52-48-44-40-36-12-10-8-6-4-2/h15-16,48,52,57-58,62-63H,3-14,17-47,49-51,53-56H2,1-2H3,(H,61,64)/b16-15-,52-48+. The minimum atomic E-state index is -0.842. The molecule has 0 rings (SSSR count). The van der Waals surface area contributed by atoms with E-state index in [1.807, 2.05) is 6.08 Å². The lowest BCUT2D eigenvalue weighted by Crippen LogP contribution is -2.45. The van der Waals surface area contributed by atoms with E-state index in [4.69, 9.17) is 4.74 Å². The van der Waals surface area contributed by atoms with E-state index < -0.39 is 12.1 Å². The van der Waals surface area contributed by atoms with Gasteiger partial charge in [-0.15, -0.1) is 0 Å².